The quantitative estimate of drug-likeness (QED) is 0.872. The lowest BCUT2D eigenvalue weighted by atomic mass is 10.1. The summed E-state index contributed by atoms with van der Waals surface area (Å²) in [5, 5.41) is 0. The van der Waals surface area contributed by atoms with Crippen molar-refractivity contribution in [2.24, 2.45) is 0 Å². The van der Waals surface area contributed by atoms with Gasteiger partial charge in [0.25, 0.3) is 0 Å². The fourth-order valence-electron chi connectivity index (χ4n) is 1.99. The number of anilines is 1. The molecule has 1 aromatic carbocycles. The Balaban J connectivity index is 2.12. The highest BCUT2D eigenvalue weighted by atomic mass is 79.9. The summed E-state index contributed by atoms with van der Waals surface area (Å²) in [7, 11) is 0. The summed E-state index contributed by atoms with van der Waals surface area (Å²) in [5.74, 6) is 3.22. The van der Waals surface area contributed by atoms with Gasteiger partial charge in [-0.3, -0.25) is 0 Å². The van der Waals surface area contributed by atoms with Crippen molar-refractivity contribution < 1.29 is 0 Å². The van der Waals surface area contributed by atoms with Crippen molar-refractivity contribution in [3.63, 3.8) is 0 Å². The molecule has 3 nitrogen and oxygen atoms in total. The van der Waals surface area contributed by atoms with Gasteiger partial charge in [0.2, 0.25) is 0 Å². The first kappa shape index (κ1) is 12.0. The Morgan fingerprint density at radius 1 is 1.28 bits per heavy atom. The second-order valence-corrected chi connectivity index (χ2v) is 6.15. The molecule has 0 bridgehead atoms. The first-order valence-electron chi connectivity index (χ1n) is 5.64. The largest absolute Gasteiger partial charge is 0.383 e. The van der Waals surface area contributed by atoms with Gasteiger partial charge in [-0.1, -0.05) is 22.0 Å². The van der Waals surface area contributed by atoms with Crippen LogP contribution in [0, 0.1) is 6.92 Å². The summed E-state index contributed by atoms with van der Waals surface area (Å²) in [6, 6.07) is 6.11. The highest BCUT2D eigenvalue weighted by Crippen LogP contribution is 2.33. The van der Waals surface area contributed by atoms with E-state index in [4.69, 9.17) is 5.73 Å². The van der Waals surface area contributed by atoms with Crippen LogP contribution in [0.5, 0.6) is 0 Å². The first-order chi connectivity index (χ1) is 8.65. The molecule has 0 atom stereocenters. The van der Waals surface area contributed by atoms with Crippen LogP contribution in [-0.2, 0) is 11.5 Å². The van der Waals surface area contributed by atoms with Crippen molar-refractivity contribution >= 4 is 33.5 Å². The van der Waals surface area contributed by atoms with Crippen LogP contribution in [0.25, 0.3) is 11.4 Å². The van der Waals surface area contributed by atoms with E-state index in [1.807, 2.05) is 23.9 Å². The van der Waals surface area contributed by atoms with E-state index in [-0.39, 0.29) is 0 Å². The molecule has 5 heteroatoms. The van der Waals surface area contributed by atoms with Crippen molar-refractivity contribution in [2.45, 2.75) is 18.4 Å². The number of aromatic nitrogens is 2. The molecule has 0 radical (unpaired) electrons. The standard InChI is InChI=1S/C13H12BrN3S/c1-7-4-8(2-3-10(7)14)13-16-11-6-18-5-9(11)12(15)17-13/h2-4H,5-6H2,1H3,(H2,15,16,17). The lowest BCUT2D eigenvalue weighted by molar-refractivity contribution is 1.08. The Kier molecular flexibility index (Phi) is 3.03. The maximum atomic E-state index is 6.00. The van der Waals surface area contributed by atoms with Crippen molar-refractivity contribution in [1.29, 1.82) is 0 Å². The van der Waals surface area contributed by atoms with Crippen LogP contribution >= 0.6 is 27.7 Å². The van der Waals surface area contributed by atoms with Gasteiger partial charge in [-0.15, -0.1) is 0 Å². The van der Waals surface area contributed by atoms with Crippen LogP contribution in [0.2, 0.25) is 0 Å². The monoisotopic (exact) mass is 321 g/mol. The molecule has 0 unspecified atom stereocenters. The molecule has 2 aromatic rings. The molecule has 1 aliphatic rings. The Morgan fingerprint density at radius 2 is 2.11 bits per heavy atom. The van der Waals surface area contributed by atoms with E-state index in [2.05, 4.69) is 38.9 Å². The Bertz CT molecular complexity index is 628. The maximum absolute atomic E-state index is 6.00. The summed E-state index contributed by atoms with van der Waals surface area (Å²) in [6.45, 7) is 2.06. The molecule has 0 fully saturated rings. The molecular weight excluding hydrogens is 310 g/mol. The predicted octanol–water partition coefficient (Wildman–Crippen LogP) is 3.54. The molecule has 3 rings (SSSR count). The molecule has 0 saturated heterocycles. The molecule has 18 heavy (non-hydrogen) atoms. The normalized spacial score (nSPS) is 13.7. The molecule has 1 aliphatic heterocycles. The minimum atomic E-state index is 0.626. The van der Waals surface area contributed by atoms with Crippen LogP contribution in [0.4, 0.5) is 5.82 Å². The third-order valence-corrected chi connectivity index (χ3v) is 4.89. The molecular formula is C13H12BrN3S. The summed E-state index contributed by atoms with van der Waals surface area (Å²) in [5.41, 5.74) is 10.4. The van der Waals surface area contributed by atoms with Gasteiger partial charge in [-0.05, 0) is 24.6 Å². The average Bonchev–Trinajstić information content (AvgIpc) is 2.81. The minimum absolute atomic E-state index is 0.626. The average molecular weight is 322 g/mol. The van der Waals surface area contributed by atoms with Gasteiger partial charge in [0.05, 0.1) is 5.69 Å². The number of benzene rings is 1. The Hall–Kier alpha value is -1.07. The molecule has 1 aromatic heterocycles. The number of nitrogens with two attached hydrogens (primary N) is 1. The predicted molar refractivity (Wildman–Crippen MR) is 79.3 cm³/mol. The fourth-order valence-corrected chi connectivity index (χ4v) is 3.29. The second-order valence-electron chi connectivity index (χ2n) is 4.31. The van der Waals surface area contributed by atoms with Crippen LogP contribution in [0.3, 0.4) is 0 Å². The number of hydrogen-bond acceptors (Lipinski definition) is 4. The lowest BCUT2D eigenvalue weighted by Gasteiger charge is -2.07. The van der Waals surface area contributed by atoms with Crippen molar-refractivity contribution in [3.8, 4) is 11.4 Å². The first-order valence-corrected chi connectivity index (χ1v) is 7.59. The molecule has 2 heterocycles. The number of thioether (sulfide) groups is 1. The zero-order valence-electron chi connectivity index (χ0n) is 9.90. The fraction of sp³-hybridized carbons (Fsp3) is 0.231. The van der Waals surface area contributed by atoms with Gasteiger partial charge in [-0.25, -0.2) is 9.97 Å². The summed E-state index contributed by atoms with van der Waals surface area (Å²) in [6.07, 6.45) is 0. The van der Waals surface area contributed by atoms with Gasteiger partial charge in [0, 0.05) is 27.1 Å². The number of nitrogens with zero attached hydrogens (tertiary/aromatic N) is 2. The van der Waals surface area contributed by atoms with E-state index in [9.17, 15) is 0 Å². The number of hydrogen-bond donors (Lipinski definition) is 1. The Labute approximate surface area is 118 Å². The number of halogens is 1. The van der Waals surface area contributed by atoms with Gasteiger partial charge in [0.1, 0.15) is 5.82 Å². The molecule has 2 N–H and O–H groups in total. The molecule has 0 aliphatic carbocycles. The zero-order valence-corrected chi connectivity index (χ0v) is 12.3. The lowest BCUT2D eigenvalue weighted by Crippen LogP contribution is -2.02. The topological polar surface area (TPSA) is 51.8 Å². The number of fused-ring (bicyclic) bond motifs is 1. The van der Waals surface area contributed by atoms with E-state index in [0.29, 0.717) is 5.82 Å². The smallest absolute Gasteiger partial charge is 0.161 e. The third-order valence-electron chi connectivity index (χ3n) is 3.03. The van der Waals surface area contributed by atoms with Crippen molar-refractivity contribution in [2.75, 3.05) is 5.73 Å². The molecule has 0 amide bonds. The van der Waals surface area contributed by atoms with Gasteiger partial charge < -0.3 is 5.73 Å². The van der Waals surface area contributed by atoms with E-state index in [0.717, 1.165) is 38.6 Å². The number of rotatable bonds is 1. The van der Waals surface area contributed by atoms with Crippen LogP contribution in [0.1, 0.15) is 16.8 Å². The Morgan fingerprint density at radius 3 is 2.89 bits per heavy atom. The third kappa shape index (κ3) is 2.01. The minimum Gasteiger partial charge on any atom is -0.383 e. The summed E-state index contributed by atoms with van der Waals surface area (Å²) in [4.78, 5) is 9.05. The van der Waals surface area contributed by atoms with Gasteiger partial charge in [0.15, 0.2) is 5.82 Å². The number of nitrogen functional groups attached to an aromatic ring is 1. The summed E-state index contributed by atoms with van der Waals surface area (Å²) < 4.78 is 1.09. The van der Waals surface area contributed by atoms with Crippen molar-refractivity contribution in [1.82, 2.24) is 9.97 Å². The second kappa shape index (κ2) is 4.55. The number of aryl methyl sites for hydroxylation is 1. The van der Waals surface area contributed by atoms with E-state index >= 15 is 0 Å². The summed E-state index contributed by atoms with van der Waals surface area (Å²) >= 11 is 5.33. The van der Waals surface area contributed by atoms with E-state index < -0.39 is 0 Å². The van der Waals surface area contributed by atoms with Crippen molar-refractivity contribution in [3.05, 3.63) is 39.5 Å². The zero-order chi connectivity index (χ0) is 12.7. The van der Waals surface area contributed by atoms with Crippen LogP contribution in [-0.4, -0.2) is 9.97 Å². The highest BCUT2D eigenvalue weighted by Gasteiger charge is 2.18. The SMILES string of the molecule is Cc1cc(-c2nc(N)c3c(n2)CSC3)ccc1Br. The van der Waals surface area contributed by atoms with Crippen LogP contribution in [0.15, 0.2) is 22.7 Å². The molecule has 0 spiro atoms. The van der Waals surface area contributed by atoms with E-state index in [1.54, 1.807) is 0 Å². The highest BCUT2D eigenvalue weighted by molar-refractivity contribution is 9.10. The van der Waals surface area contributed by atoms with E-state index in [1.165, 1.54) is 5.56 Å². The van der Waals surface area contributed by atoms with Gasteiger partial charge in [-0.2, -0.15) is 11.8 Å². The molecule has 92 valence electrons. The maximum Gasteiger partial charge on any atom is 0.161 e. The van der Waals surface area contributed by atoms with Crippen LogP contribution < -0.4 is 5.73 Å². The van der Waals surface area contributed by atoms with Gasteiger partial charge >= 0.3 is 0 Å². The molecule has 0 saturated carbocycles.